The zero-order valence-electron chi connectivity index (χ0n) is 12.2. The Balaban J connectivity index is 2.10. The molecule has 0 heterocycles. The molecule has 1 aliphatic carbocycles. The molecular formula is C16H24BrNO2. The van der Waals surface area contributed by atoms with Crippen LogP contribution in [0.2, 0.25) is 0 Å². The van der Waals surface area contributed by atoms with Crippen molar-refractivity contribution in [3.05, 3.63) is 22.2 Å². The number of ether oxygens (including phenoxy) is 2. The van der Waals surface area contributed by atoms with E-state index in [1.807, 2.05) is 0 Å². The van der Waals surface area contributed by atoms with Crippen molar-refractivity contribution in [3.8, 4) is 11.5 Å². The van der Waals surface area contributed by atoms with Crippen LogP contribution in [0.15, 0.2) is 16.6 Å². The zero-order valence-corrected chi connectivity index (χ0v) is 13.7. The van der Waals surface area contributed by atoms with Crippen LogP contribution >= 0.6 is 15.9 Å². The van der Waals surface area contributed by atoms with E-state index in [9.17, 15) is 0 Å². The lowest BCUT2D eigenvalue weighted by Crippen LogP contribution is -2.12. The van der Waals surface area contributed by atoms with Gasteiger partial charge < -0.3 is 15.2 Å². The quantitative estimate of drug-likeness (QED) is 0.760. The molecule has 0 bridgehead atoms. The van der Waals surface area contributed by atoms with E-state index < -0.39 is 0 Å². The summed E-state index contributed by atoms with van der Waals surface area (Å²) in [6.07, 6.45) is 8.35. The van der Waals surface area contributed by atoms with Gasteiger partial charge in [-0.2, -0.15) is 0 Å². The number of nitrogens with two attached hydrogens (primary N) is 1. The van der Waals surface area contributed by atoms with E-state index in [0.29, 0.717) is 6.10 Å². The third kappa shape index (κ3) is 4.13. The van der Waals surface area contributed by atoms with Gasteiger partial charge in [0.05, 0.1) is 17.7 Å². The molecule has 1 fully saturated rings. The maximum absolute atomic E-state index is 6.12. The van der Waals surface area contributed by atoms with Crippen molar-refractivity contribution in [2.45, 2.75) is 51.0 Å². The second-order valence-electron chi connectivity index (χ2n) is 5.38. The molecule has 0 radical (unpaired) electrons. The molecule has 0 spiro atoms. The Hall–Kier alpha value is -0.740. The highest BCUT2D eigenvalue weighted by atomic mass is 79.9. The van der Waals surface area contributed by atoms with Crippen LogP contribution in [-0.4, -0.2) is 19.8 Å². The van der Waals surface area contributed by atoms with E-state index in [1.165, 1.54) is 18.4 Å². The van der Waals surface area contributed by atoms with Gasteiger partial charge in [0.15, 0.2) is 11.5 Å². The molecular weight excluding hydrogens is 318 g/mol. The second-order valence-corrected chi connectivity index (χ2v) is 6.23. The lowest BCUT2D eigenvalue weighted by Gasteiger charge is -2.18. The Morgan fingerprint density at radius 1 is 1.25 bits per heavy atom. The van der Waals surface area contributed by atoms with Gasteiger partial charge in [-0.15, -0.1) is 0 Å². The number of benzene rings is 1. The Morgan fingerprint density at radius 2 is 2.00 bits per heavy atom. The first-order valence-corrected chi connectivity index (χ1v) is 8.27. The SMILES string of the molecule is COc1cc(CCCCN)cc(Br)c1OC1CCCC1. The Labute approximate surface area is 130 Å². The smallest absolute Gasteiger partial charge is 0.175 e. The number of rotatable bonds is 7. The summed E-state index contributed by atoms with van der Waals surface area (Å²) in [6, 6.07) is 4.23. The number of hydrogen-bond donors (Lipinski definition) is 1. The van der Waals surface area contributed by atoms with Gasteiger partial charge in [0, 0.05) is 0 Å². The van der Waals surface area contributed by atoms with E-state index >= 15 is 0 Å². The molecule has 0 atom stereocenters. The van der Waals surface area contributed by atoms with Gasteiger partial charge in [-0.25, -0.2) is 0 Å². The molecule has 0 saturated heterocycles. The summed E-state index contributed by atoms with van der Waals surface area (Å²) < 4.78 is 12.6. The predicted octanol–water partition coefficient (Wildman–Crippen LogP) is 4.06. The van der Waals surface area contributed by atoms with E-state index in [0.717, 1.165) is 54.6 Å². The van der Waals surface area contributed by atoms with Crippen molar-refractivity contribution in [1.29, 1.82) is 0 Å². The molecule has 0 unspecified atom stereocenters. The summed E-state index contributed by atoms with van der Waals surface area (Å²) in [5.74, 6) is 1.68. The Bertz CT molecular complexity index is 431. The van der Waals surface area contributed by atoms with Crippen molar-refractivity contribution < 1.29 is 9.47 Å². The minimum absolute atomic E-state index is 0.336. The summed E-state index contributed by atoms with van der Waals surface area (Å²) in [5, 5.41) is 0. The van der Waals surface area contributed by atoms with Crippen LogP contribution in [-0.2, 0) is 6.42 Å². The molecule has 2 rings (SSSR count). The standard InChI is InChI=1S/C16H24BrNO2/c1-19-15-11-12(6-4-5-9-18)10-14(17)16(15)20-13-7-2-3-8-13/h10-11,13H,2-9,18H2,1H3. The fourth-order valence-electron chi connectivity index (χ4n) is 2.68. The third-order valence-corrected chi connectivity index (χ3v) is 4.38. The summed E-state index contributed by atoms with van der Waals surface area (Å²) in [7, 11) is 1.70. The summed E-state index contributed by atoms with van der Waals surface area (Å²) >= 11 is 3.63. The van der Waals surface area contributed by atoms with E-state index in [2.05, 4.69) is 28.1 Å². The molecule has 1 saturated carbocycles. The Kier molecular flexibility index (Phi) is 6.17. The molecule has 1 aromatic rings. The van der Waals surface area contributed by atoms with Gasteiger partial charge in [0.25, 0.3) is 0 Å². The third-order valence-electron chi connectivity index (χ3n) is 3.80. The van der Waals surface area contributed by atoms with Gasteiger partial charge >= 0.3 is 0 Å². The molecule has 3 nitrogen and oxygen atoms in total. The molecule has 2 N–H and O–H groups in total. The van der Waals surface area contributed by atoms with Gasteiger partial charge in [0.2, 0.25) is 0 Å². The largest absolute Gasteiger partial charge is 0.493 e. The summed E-state index contributed by atoms with van der Waals surface area (Å²) in [4.78, 5) is 0. The molecule has 1 aliphatic rings. The number of halogens is 1. The minimum Gasteiger partial charge on any atom is -0.493 e. The highest BCUT2D eigenvalue weighted by molar-refractivity contribution is 9.10. The zero-order chi connectivity index (χ0) is 14.4. The van der Waals surface area contributed by atoms with Crippen LogP contribution < -0.4 is 15.2 Å². The first-order chi connectivity index (χ1) is 9.74. The predicted molar refractivity (Wildman–Crippen MR) is 85.6 cm³/mol. The number of hydrogen-bond acceptors (Lipinski definition) is 3. The fourth-order valence-corrected chi connectivity index (χ4v) is 3.26. The van der Waals surface area contributed by atoms with Crippen LogP contribution in [0, 0.1) is 0 Å². The molecule has 20 heavy (non-hydrogen) atoms. The van der Waals surface area contributed by atoms with Crippen LogP contribution in [0.4, 0.5) is 0 Å². The van der Waals surface area contributed by atoms with Crippen LogP contribution in [0.1, 0.15) is 44.1 Å². The molecule has 4 heteroatoms. The van der Waals surface area contributed by atoms with Crippen LogP contribution in [0.3, 0.4) is 0 Å². The van der Waals surface area contributed by atoms with Gasteiger partial charge in [-0.1, -0.05) is 0 Å². The van der Waals surface area contributed by atoms with E-state index in [1.54, 1.807) is 7.11 Å². The van der Waals surface area contributed by atoms with Crippen molar-refractivity contribution in [2.24, 2.45) is 5.73 Å². The monoisotopic (exact) mass is 341 g/mol. The molecule has 0 amide bonds. The average Bonchev–Trinajstić information content (AvgIpc) is 2.94. The Morgan fingerprint density at radius 3 is 2.65 bits per heavy atom. The second kappa shape index (κ2) is 7.89. The highest BCUT2D eigenvalue weighted by Gasteiger charge is 2.20. The molecule has 0 aliphatic heterocycles. The van der Waals surface area contributed by atoms with Gasteiger partial charge in [-0.05, 0) is 85.1 Å². The lowest BCUT2D eigenvalue weighted by atomic mass is 10.1. The number of aryl methyl sites for hydroxylation is 1. The number of unbranched alkanes of at least 4 members (excludes halogenated alkanes) is 1. The normalized spacial score (nSPS) is 15.6. The summed E-state index contributed by atoms with van der Waals surface area (Å²) in [5.41, 5.74) is 6.80. The number of methoxy groups -OCH3 is 1. The summed E-state index contributed by atoms with van der Waals surface area (Å²) in [6.45, 7) is 0.751. The highest BCUT2D eigenvalue weighted by Crippen LogP contribution is 2.39. The van der Waals surface area contributed by atoms with Crippen molar-refractivity contribution in [2.75, 3.05) is 13.7 Å². The van der Waals surface area contributed by atoms with Gasteiger partial charge in [0.1, 0.15) is 0 Å². The van der Waals surface area contributed by atoms with Crippen LogP contribution in [0.5, 0.6) is 11.5 Å². The topological polar surface area (TPSA) is 44.5 Å². The van der Waals surface area contributed by atoms with E-state index in [-0.39, 0.29) is 0 Å². The lowest BCUT2D eigenvalue weighted by molar-refractivity contribution is 0.199. The molecule has 1 aromatic carbocycles. The molecule has 0 aromatic heterocycles. The first-order valence-electron chi connectivity index (χ1n) is 7.47. The van der Waals surface area contributed by atoms with Crippen molar-refractivity contribution >= 4 is 15.9 Å². The average molecular weight is 342 g/mol. The minimum atomic E-state index is 0.336. The van der Waals surface area contributed by atoms with Gasteiger partial charge in [-0.3, -0.25) is 0 Å². The maximum atomic E-state index is 6.12. The van der Waals surface area contributed by atoms with Crippen LogP contribution in [0.25, 0.3) is 0 Å². The van der Waals surface area contributed by atoms with E-state index in [4.69, 9.17) is 15.2 Å². The van der Waals surface area contributed by atoms with Crippen molar-refractivity contribution in [1.82, 2.24) is 0 Å². The first kappa shape index (κ1) is 15.6. The maximum Gasteiger partial charge on any atom is 0.175 e. The molecule has 112 valence electrons. The fraction of sp³-hybridized carbons (Fsp3) is 0.625. The van der Waals surface area contributed by atoms with Crippen molar-refractivity contribution in [3.63, 3.8) is 0 Å².